The topological polar surface area (TPSA) is 96.0 Å². The quantitative estimate of drug-likeness (QED) is 0.573. The molecule has 0 aliphatic carbocycles. The van der Waals surface area contributed by atoms with Gasteiger partial charge in [0.05, 0.1) is 24.4 Å². The summed E-state index contributed by atoms with van der Waals surface area (Å²) < 4.78 is 28.6. The minimum atomic E-state index is 0.200. The average Bonchev–Trinajstić information content (AvgIpc) is 3.31. The summed E-state index contributed by atoms with van der Waals surface area (Å²) in [6.07, 6.45) is 4.64. The number of nitrogens with one attached hydrogen (secondary N) is 2. The lowest BCUT2D eigenvalue weighted by Crippen LogP contribution is -2.16. The molecule has 2 aromatic carbocycles. The van der Waals surface area contributed by atoms with Crippen LogP contribution in [0.5, 0.6) is 23.0 Å². The van der Waals surface area contributed by atoms with Gasteiger partial charge >= 0.3 is 0 Å². The van der Waals surface area contributed by atoms with Crippen LogP contribution in [0, 0.1) is 0 Å². The van der Waals surface area contributed by atoms with E-state index in [0.717, 1.165) is 53.7 Å². The summed E-state index contributed by atoms with van der Waals surface area (Å²) in [6.45, 7) is 3.36. The SMILES string of the molecule is COCCOc1cc2ncnc3c2cc1OCCCCCNCc1ccc2c(c1N3)OCO2. The first kappa shape index (κ1) is 21.5. The zero-order valence-electron chi connectivity index (χ0n) is 18.7. The van der Waals surface area contributed by atoms with Crippen LogP contribution >= 0.6 is 0 Å². The van der Waals surface area contributed by atoms with Crippen molar-refractivity contribution in [2.75, 3.05) is 45.6 Å². The van der Waals surface area contributed by atoms with Gasteiger partial charge in [0, 0.05) is 25.1 Å². The number of methoxy groups -OCH3 is 1. The maximum Gasteiger partial charge on any atom is 0.231 e. The minimum absolute atomic E-state index is 0.200. The van der Waals surface area contributed by atoms with E-state index in [0.29, 0.717) is 49.4 Å². The maximum absolute atomic E-state index is 6.13. The third-order valence-corrected chi connectivity index (χ3v) is 5.69. The number of hydrogen-bond donors (Lipinski definition) is 2. The first-order valence-corrected chi connectivity index (χ1v) is 11.3. The van der Waals surface area contributed by atoms with Crippen LogP contribution in [0.25, 0.3) is 10.9 Å². The zero-order valence-corrected chi connectivity index (χ0v) is 18.7. The second kappa shape index (κ2) is 10.1. The molecule has 2 aliphatic rings. The molecule has 5 rings (SSSR count). The molecule has 174 valence electrons. The molecule has 2 N–H and O–H groups in total. The molecule has 3 heterocycles. The number of anilines is 2. The van der Waals surface area contributed by atoms with Crippen LogP contribution in [-0.4, -0.2) is 50.2 Å². The van der Waals surface area contributed by atoms with E-state index in [2.05, 4.69) is 26.7 Å². The summed E-state index contributed by atoms with van der Waals surface area (Å²) in [5.74, 6) is 3.39. The van der Waals surface area contributed by atoms with Crippen LogP contribution in [0.2, 0.25) is 0 Å². The van der Waals surface area contributed by atoms with E-state index in [1.54, 1.807) is 7.11 Å². The smallest absolute Gasteiger partial charge is 0.231 e. The highest BCUT2D eigenvalue weighted by Gasteiger charge is 2.22. The van der Waals surface area contributed by atoms with Gasteiger partial charge in [-0.2, -0.15) is 0 Å². The molecule has 0 saturated heterocycles. The lowest BCUT2D eigenvalue weighted by Gasteiger charge is -2.17. The van der Waals surface area contributed by atoms with E-state index in [-0.39, 0.29) is 6.79 Å². The molecule has 0 amide bonds. The van der Waals surface area contributed by atoms with Crippen molar-refractivity contribution in [1.29, 1.82) is 0 Å². The maximum atomic E-state index is 6.13. The molecule has 0 radical (unpaired) electrons. The van der Waals surface area contributed by atoms with Crippen molar-refractivity contribution in [3.63, 3.8) is 0 Å². The minimum Gasteiger partial charge on any atom is -0.490 e. The Morgan fingerprint density at radius 3 is 2.91 bits per heavy atom. The Labute approximate surface area is 192 Å². The lowest BCUT2D eigenvalue weighted by molar-refractivity contribution is 0.143. The molecule has 0 atom stereocenters. The van der Waals surface area contributed by atoms with Gasteiger partial charge in [-0.05, 0) is 43.5 Å². The summed E-state index contributed by atoms with van der Waals surface area (Å²) in [6, 6.07) is 7.84. The first-order chi connectivity index (χ1) is 16.3. The van der Waals surface area contributed by atoms with Gasteiger partial charge in [-0.15, -0.1) is 0 Å². The molecule has 2 aliphatic heterocycles. The van der Waals surface area contributed by atoms with Gasteiger partial charge in [0.25, 0.3) is 0 Å². The van der Waals surface area contributed by atoms with Crippen molar-refractivity contribution >= 4 is 22.4 Å². The second-order valence-electron chi connectivity index (χ2n) is 7.92. The molecule has 3 aromatic rings. The fourth-order valence-corrected chi connectivity index (χ4v) is 3.97. The van der Waals surface area contributed by atoms with Gasteiger partial charge in [0.1, 0.15) is 18.8 Å². The summed E-state index contributed by atoms with van der Waals surface area (Å²) in [5, 5.41) is 7.85. The van der Waals surface area contributed by atoms with Crippen molar-refractivity contribution in [3.8, 4) is 23.0 Å². The number of ether oxygens (including phenoxy) is 5. The third kappa shape index (κ3) is 4.74. The van der Waals surface area contributed by atoms with E-state index in [1.807, 2.05) is 18.2 Å². The molecule has 2 bridgehead atoms. The predicted molar refractivity (Wildman–Crippen MR) is 124 cm³/mol. The number of benzene rings is 2. The number of nitrogens with zero attached hydrogens (tertiary/aromatic N) is 2. The van der Waals surface area contributed by atoms with Gasteiger partial charge in [-0.3, -0.25) is 0 Å². The van der Waals surface area contributed by atoms with Crippen LogP contribution in [0.1, 0.15) is 24.8 Å². The molecule has 9 heteroatoms. The monoisotopic (exact) mass is 452 g/mol. The van der Waals surface area contributed by atoms with Crippen molar-refractivity contribution < 1.29 is 23.7 Å². The van der Waals surface area contributed by atoms with Gasteiger partial charge < -0.3 is 34.3 Å². The van der Waals surface area contributed by atoms with Gasteiger partial charge in [0.2, 0.25) is 6.79 Å². The largest absolute Gasteiger partial charge is 0.490 e. The van der Waals surface area contributed by atoms with Crippen LogP contribution in [0.3, 0.4) is 0 Å². The van der Waals surface area contributed by atoms with E-state index < -0.39 is 0 Å². The number of fused-ring (bicyclic) bond motifs is 4. The Kier molecular flexibility index (Phi) is 6.59. The van der Waals surface area contributed by atoms with Crippen molar-refractivity contribution in [1.82, 2.24) is 15.3 Å². The molecule has 0 saturated carbocycles. The first-order valence-electron chi connectivity index (χ1n) is 11.3. The Bertz CT molecular complexity index is 1120. The summed E-state index contributed by atoms with van der Waals surface area (Å²) in [7, 11) is 1.65. The van der Waals surface area contributed by atoms with Crippen LogP contribution in [-0.2, 0) is 11.3 Å². The van der Waals surface area contributed by atoms with Crippen molar-refractivity contribution in [2.45, 2.75) is 25.8 Å². The molecule has 0 unspecified atom stereocenters. The Morgan fingerprint density at radius 2 is 1.97 bits per heavy atom. The summed E-state index contributed by atoms with van der Waals surface area (Å²) in [4.78, 5) is 9.00. The highest BCUT2D eigenvalue weighted by Crippen LogP contribution is 2.44. The fraction of sp³-hybridized carbons (Fsp3) is 0.417. The van der Waals surface area contributed by atoms with Gasteiger partial charge in [0.15, 0.2) is 23.0 Å². The molecule has 0 fully saturated rings. The van der Waals surface area contributed by atoms with Crippen molar-refractivity contribution in [3.05, 3.63) is 36.2 Å². The Balaban J connectivity index is 1.58. The fourth-order valence-electron chi connectivity index (χ4n) is 3.97. The van der Waals surface area contributed by atoms with Gasteiger partial charge in [-0.1, -0.05) is 6.07 Å². The lowest BCUT2D eigenvalue weighted by atomic mass is 10.1. The molecular formula is C24H28N4O5. The summed E-state index contributed by atoms with van der Waals surface area (Å²) in [5.41, 5.74) is 2.67. The summed E-state index contributed by atoms with van der Waals surface area (Å²) >= 11 is 0. The zero-order chi connectivity index (χ0) is 22.5. The third-order valence-electron chi connectivity index (χ3n) is 5.69. The molecule has 9 nitrogen and oxygen atoms in total. The standard InChI is InChI=1S/C24H28N4O5/c1-29-9-10-31-21-12-18-17-11-20(21)30-8-4-2-3-7-25-13-16-5-6-19-23(33-15-32-19)22(16)28-24(17)27-14-26-18/h5-6,11-12,14,25H,2-4,7-10,13,15H2,1H3,(H,26,27,28). The van der Waals surface area contributed by atoms with E-state index in [4.69, 9.17) is 23.7 Å². The van der Waals surface area contributed by atoms with Gasteiger partial charge in [-0.25, -0.2) is 9.97 Å². The Morgan fingerprint density at radius 1 is 1.00 bits per heavy atom. The van der Waals surface area contributed by atoms with E-state index in [1.165, 1.54) is 6.33 Å². The average molecular weight is 453 g/mol. The highest BCUT2D eigenvalue weighted by molar-refractivity contribution is 5.94. The number of rotatable bonds is 4. The van der Waals surface area contributed by atoms with Crippen LogP contribution < -0.4 is 29.6 Å². The highest BCUT2D eigenvalue weighted by atomic mass is 16.7. The normalized spacial score (nSPS) is 15.8. The second-order valence-corrected chi connectivity index (χ2v) is 7.92. The molecule has 1 aromatic heterocycles. The molecular weight excluding hydrogens is 424 g/mol. The van der Waals surface area contributed by atoms with Crippen LogP contribution in [0.4, 0.5) is 11.5 Å². The Hall–Kier alpha value is -3.30. The van der Waals surface area contributed by atoms with Crippen LogP contribution in [0.15, 0.2) is 30.6 Å². The molecule has 0 spiro atoms. The number of aromatic nitrogens is 2. The van der Waals surface area contributed by atoms with E-state index in [9.17, 15) is 0 Å². The van der Waals surface area contributed by atoms with Crippen molar-refractivity contribution in [2.24, 2.45) is 0 Å². The van der Waals surface area contributed by atoms with E-state index >= 15 is 0 Å². The predicted octanol–water partition coefficient (Wildman–Crippen LogP) is 3.78. The number of hydrogen-bond acceptors (Lipinski definition) is 9. The molecule has 33 heavy (non-hydrogen) atoms.